The number of ether oxygens (including phenoxy) is 1. The van der Waals surface area contributed by atoms with E-state index in [2.05, 4.69) is 14.7 Å². The summed E-state index contributed by atoms with van der Waals surface area (Å²) < 4.78 is 470. The Labute approximate surface area is 358 Å². The molecule has 0 aliphatic heterocycles. The van der Waals surface area contributed by atoms with Crippen LogP contribution in [-0.2, 0) is 25.0 Å². The fraction of sp³-hybridized carbons (Fsp3) is 0.655. The van der Waals surface area contributed by atoms with E-state index < -0.39 is 142 Å². The van der Waals surface area contributed by atoms with Gasteiger partial charge in [0, 0.05) is 6.92 Å². The number of carbonyl (C=O) groups is 2. The molecule has 8 nitrogen and oxygen atoms in total. The van der Waals surface area contributed by atoms with Crippen molar-refractivity contribution < 1.29 is 169 Å². The Morgan fingerprint density at radius 1 is 0.471 bits per heavy atom. The van der Waals surface area contributed by atoms with Crippen LogP contribution in [-0.4, -0.2) is 120 Å². The Morgan fingerprint density at radius 2 is 0.743 bits per heavy atom. The summed E-state index contributed by atoms with van der Waals surface area (Å²) in [5.41, 5.74) is -12.5. The van der Waals surface area contributed by atoms with Crippen LogP contribution in [0, 0.1) is 6.92 Å². The maximum atomic E-state index is 15.7. The van der Waals surface area contributed by atoms with Gasteiger partial charge in [-0.1, -0.05) is 0 Å². The van der Waals surface area contributed by atoms with E-state index in [9.17, 15) is 147 Å². The molecule has 0 spiro atoms. The van der Waals surface area contributed by atoms with Crippen molar-refractivity contribution in [2.24, 2.45) is 9.98 Å². The minimum Gasteiger partial charge on any atom is -0.445 e. The molecule has 0 radical (unpaired) electrons. The molecule has 0 aliphatic carbocycles. The summed E-state index contributed by atoms with van der Waals surface area (Å²) in [7, 11) is 0. The van der Waals surface area contributed by atoms with Crippen LogP contribution in [0.3, 0.4) is 0 Å². The first-order chi connectivity index (χ1) is 30.4. The van der Waals surface area contributed by atoms with Crippen molar-refractivity contribution in [2.45, 2.75) is 109 Å². The second-order valence-electron chi connectivity index (χ2n) is 13.1. The fourth-order valence-corrected chi connectivity index (χ4v) is 4.84. The van der Waals surface area contributed by atoms with Crippen LogP contribution in [0.25, 0.3) is 0 Å². The number of aliphatic imine (C=N–C) groups is 2. The van der Waals surface area contributed by atoms with Gasteiger partial charge in [0.05, 0.1) is 22.5 Å². The van der Waals surface area contributed by atoms with Gasteiger partial charge in [0.1, 0.15) is 0 Å². The zero-order valence-corrected chi connectivity index (χ0v) is 31.7. The van der Waals surface area contributed by atoms with Crippen LogP contribution in [0.1, 0.15) is 28.4 Å². The predicted molar refractivity (Wildman–Crippen MR) is 150 cm³/mol. The van der Waals surface area contributed by atoms with Crippen molar-refractivity contribution in [3.63, 3.8) is 0 Å². The van der Waals surface area contributed by atoms with Crippen LogP contribution in [0.15, 0.2) is 16.1 Å². The highest BCUT2D eigenvalue weighted by Crippen LogP contribution is 2.70. The largest absolute Gasteiger partial charge is 0.460 e. The van der Waals surface area contributed by atoms with Gasteiger partial charge in [-0.3, -0.25) is 9.59 Å². The summed E-state index contributed by atoms with van der Waals surface area (Å²) in [6, 6.07) is -0.0766. The van der Waals surface area contributed by atoms with E-state index in [-0.39, 0.29) is 19.1 Å². The third-order valence-electron chi connectivity index (χ3n) is 8.72. The molecule has 402 valence electrons. The molecule has 0 bridgehead atoms. The number of aryl methyl sites for hydroxylation is 1. The lowest BCUT2D eigenvalue weighted by atomic mass is 9.81. The van der Waals surface area contributed by atoms with Crippen molar-refractivity contribution in [1.29, 1.82) is 0 Å². The predicted octanol–water partition coefficient (Wildman–Crippen LogP) is 11.7. The summed E-state index contributed by atoms with van der Waals surface area (Å²) in [6.45, 7) is -1.12. The molecule has 70 heavy (non-hydrogen) atoms. The summed E-state index contributed by atoms with van der Waals surface area (Å²) in [5, 5.41) is 1.05. The van der Waals surface area contributed by atoms with Gasteiger partial charge in [0.25, 0.3) is 5.91 Å². The highest BCUT2D eigenvalue weighted by atomic mass is 19.4. The normalized spacial score (nSPS) is 15.2. The molecule has 0 aromatic heterocycles. The van der Waals surface area contributed by atoms with Crippen LogP contribution < -0.4 is 5.32 Å². The monoisotopic (exact) mass is 1110 g/mol. The molecule has 41 heteroatoms. The van der Waals surface area contributed by atoms with Gasteiger partial charge in [0.15, 0.2) is 6.73 Å². The molecule has 0 unspecified atom stereocenters. The molecular formula is C29H10F33N3O5. The number of hydrogen-bond donors (Lipinski definition) is 1. The summed E-state index contributed by atoms with van der Waals surface area (Å²) in [4.78, 5) is 49.9. The second-order valence-corrected chi connectivity index (χ2v) is 13.1. The first kappa shape index (κ1) is 62.6. The lowest BCUT2D eigenvalue weighted by Crippen LogP contribution is -2.79. The Hall–Kier alpha value is -5.39. The van der Waals surface area contributed by atoms with Crippen LogP contribution in [0.5, 0.6) is 0 Å². The van der Waals surface area contributed by atoms with Crippen LogP contribution in [0.4, 0.5) is 156 Å². The van der Waals surface area contributed by atoms with Crippen molar-refractivity contribution in [3.05, 3.63) is 22.8 Å². The summed E-state index contributed by atoms with van der Waals surface area (Å²) in [6.07, 6.45) is -8.05. The van der Waals surface area contributed by atoms with E-state index in [0.29, 0.717) is 13.0 Å². The zero-order valence-electron chi connectivity index (χ0n) is 31.7. The van der Waals surface area contributed by atoms with Crippen molar-refractivity contribution in [1.82, 2.24) is 5.32 Å². The SMILES string of the molecule is CC(=O)OCNC(=O)c1c(N=C=O)cc(C)c(N=C=O)c1C(F)(F)C(F)(F)C(F)(F)C(F)(F)C(F)(F)C(F)(F)C(F)(F)C(F)(F)C(F)(F)C(F)(F)C(F)(F)C(F)(F)C(F)(F)C(F)(F)C(F)(F)C(F)(F)F. The third kappa shape index (κ3) is 8.07. The maximum Gasteiger partial charge on any atom is 0.460 e. The molecule has 1 rings (SSSR count). The van der Waals surface area contributed by atoms with E-state index in [1.165, 1.54) is 0 Å². The number of isocyanates is 2. The number of nitrogens with zero attached hydrogens (tertiary/aromatic N) is 2. The molecule has 1 aromatic rings. The van der Waals surface area contributed by atoms with Gasteiger partial charge < -0.3 is 10.1 Å². The quantitative estimate of drug-likeness (QED) is 0.0459. The van der Waals surface area contributed by atoms with Gasteiger partial charge in [-0.25, -0.2) is 9.59 Å². The number of carbonyl (C=O) groups excluding carboxylic acids is 4. The maximum absolute atomic E-state index is 15.7. The van der Waals surface area contributed by atoms with E-state index in [0.717, 1.165) is 5.32 Å². The van der Waals surface area contributed by atoms with Gasteiger partial charge in [-0.15, -0.1) is 0 Å². The molecule has 0 heterocycles. The number of esters is 1. The van der Waals surface area contributed by atoms with Gasteiger partial charge >= 0.3 is 101 Å². The van der Waals surface area contributed by atoms with Crippen molar-refractivity contribution in [3.8, 4) is 0 Å². The average Bonchev–Trinajstić information content (AvgIpc) is 3.16. The minimum atomic E-state index is -10.4. The van der Waals surface area contributed by atoms with Gasteiger partial charge in [0.2, 0.25) is 12.2 Å². The zero-order chi connectivity index (χ0) is 56.7. The molecule has 0 fully saturated rings. The summed E-state index contributed by atoms with van der Waals surface area (Å²) >= 11 is 0. The van der Waals surface area contributed by atoms with E-state index >= 15 is 17.6 Å². The number of nitrogens with one attached hydrogen (secondary N) is 1. The van der Waals surface area contributed by atoms with Crippen molar-refractivity contribution >= 4 is 35.4 Å². The van der Waals surface area contributed by atoms with Gasteiger partial charge in [-0.05, 0) is 18.6 Å². The smallest absolute Gasteiger partial charge is 0.445 e. The van der Waals surface area contributed by atoms with Crippen LogP contribution in [0.2, 0.25) is 0 Å². The molecular weight excluding hydrogens is 1100 g/mol. The molecule has 1 amide bonds. The molecule has 0 aliphatic rings. The van der Waals surface area contributed by atoms with Crippen molar-refractivity contribution in [2.75, 3.05) is 6.73 Å². The molecule has 0 atom stereocenters. The van der Waals surface area contributed by atoms with Crippen LogP contribution >= 0.6 is 0 Å². The average molecular weight is 1110 g/mol. The second kappa shape index (κ2) is 17.4. The molecule has 0 saturated heterocycles. The number of hydrogen-bond acceptors (Lipinski definition) is 7. The number of amides is 1. The Kier molecular flexibility index (Phi) is 15.6. The lowest BCUT2D eigenvalue weighted by molar-refractivity contribution is -0.491. The first-order valence-electron chi connectivity index (χ1n) is 15.9. The summed E-state index contributed by atoms with van der Waals surface area (Å²) in [5.74, 6) is -151. The minimum absolute atomic E-state index is 0.0766. The standard InChI is InChI=1S/C29H10F33N3O5/c1-7-3-9(63-4-66)10(13(69)65-6-70-8(2)68)11(12(7)64-5-67)14(30,31)15(32,33)16(34,35)17(36,37)18(38,39)19(40,41)20(42,43)21(44,45)22(46,47)23(48,49)24(50,51)25(52,53)26(54,55)27(56,57)28(58,59)29(60,61)62/h3H,6H2,1-2H3,(H,65,69). The number of alkyl halides is 33. The molecule has 0 saturated carbocycles. The third-order valence-corrected chi connectivity index (χ3v) is 8.72. The number of rotatable bonds is 20. The van der Waals surface area contributed by atoms with E-state index in [4.69, 9.17) is 0 Å². The highest BCUT2D eigenvalue weighted by molar-refractivity contribution is 6.03. The lowest BCUT2D eigenvalue weighted by Gasteiger charge is -2.47. The van der Waals surface area contributed by atoms with E-state index in [1.54, 1.807) is 0 Å². The highest BCUT2D eigenvalue weighted by Gasteiger charge is 3.02. The first-order valence-corrected chi connectivity index (χ1v) is 15.9. The fourth-order valence-electron chi connectivity index (χ4n) is 4.84. The topological polar surface area (TPSA) is 114 Å². The number of halogens is 33. The Morgan fingerprint density at radius 3 is 1.00 bits per heavy atom. The number of benzene rings is 1. The molecule has 1 N–H and O–H groups in total. The van der Waals surface area contributed by atoms with E-state index in [1.807, 2.05) is 0 Å². The Balaban J connectivity index is 4.35. The Bertz CT molecular complexity index is 2290. The molecule has 1 aromatic carbocycles. The van der Waals surface area contributed by atoms with Gasteiger partial charge in [-0.2, -0.15) is 155 Å².